The molecule has 0 atom stereocenters. The van der Waals surface area contributed by atoms with Crippen molar-refractivity contribution in [1.82, 2.24) is 10.6 Å². The first kappa shape index (κ1) is 19.7. The van der Waals surface area contributed by atoms with E-state index in [9.17, 15) is 0 Å². The molecule has 2 rings (SSSR count). The van der Waals surface area contributed by atoms with Crippen molar-refractivity contribution < 1.29 is 9.47 Å². The maximum Gasteiger partial charge on any atom is 0.191 e. The van der Waals surface area contributed by atoms with Crippen LogP contribution in [0.2, 0.25) is 0 Å². The number of aliphatic imine (C=N–C) groups is 1. The third-order valence-corrected chi connectivity index (χ3v) is 4.20. The highest BCUT2D eigenvalue weighted by atomic mass is 16.5. The van der Waals surface area contributed by atoms with E-state index in [0.717, 1.165) is 57.6 Å². The first-order valence-corrected chi connectivity index (χ1v) is 9.50. The van der Waals surface area contributed by atoms with E-state index in [4.69, 9.17) is 9.47 Å². The molecule has 1 saturated carbocycles. The molecule has 1 aromatic carbocycles. The SMILES string of the molecule is CCCOCc1ccccc1CNC(=NC)NCCCOCC1CC1. The number of ether oxygens (including phenoxy) is 2. The summed E-state index contributed by atoms with van der Waals surface area (Å²) in [6.45, 7) is 6.95. The van der Waals surface area contributed by atoms with Gasteiger partial charge >= 0.3 is 0 Å². The predicted molar refractivity (Wildman–Crippen MR) is 103 cm³/mol. The van der Waals surface area contributed by atoms with Crippen molar-refractivity contribution in [3.05, 3.63) is 35.4 Å². The van der Waals surface area contributed by atoms with Crippen molar-refractivity contribution in [1.29, 1.82) is 0 Å². The van der Waals surface area contributed by atoms with Crippen molar-refractivity contribution in [3.8, 4) is 0 Å². The van der Waals surface area contributed by atoms with Crippen LogP contribution in [0, 0.1) is 5.92 Å². The maximum atomic E-state index is 5.68. The first-order chi connectivity index (χ1) is 12.3. The quantitative estimate of drug-likeness (QED) is 0.347. The van der Waals surface area contributed by atoms with E-state index in [2.05, 4.69) is 46.8 Å². The van der Waals surface area contributed by atoms with Crippen LogP contribution >= 0.6 is 0 Å². The fraction of sp³-hybridized carbons (Fsp3) is 0.650. The monoisotopic (exact) mass is 347 g/mol. The van der Waals surface area contributed by atoms with Crippen molar-refractivity contribution in [2.24, 2.45) is 10.9 Å². The predicted octanol–water partition coefficient (Wildman–Crippen LogP) is 3.09. The number of rotatable bonds is 12. The van der Waals surface area contributed by atoms with Gasteiger partial charge in [0.2, 0.25) is 0 Å². The normalized spacial score (nSPS) is 14.6. The molecule has 0 bridgehead atoms. The van der Waals surface area contributed by atoms with Crippen molar-refractivity contribution in [2.45, 2.75) is 45.8 Å². The summed E-state index contributed by atoms with van der Waals surface area (Å²) in [5.41, 5.74) is 2.47. The summed E-state index contributed by atoms with van der Waals surface area (Å²) < 4.78 is 11.3. The smallest absolute Gasteiger partial charge is 0.191 e. The van der Waals surface area contributed by atoms with E-state index in [1.807, 2.05) is 0 Å². The number of hydrogen-bond acceptors (Lipinski definition) is 3. The minimum atomic E-state index is 0.663. The highest BCUT2D eigenvalue weighted by Crippen LogP contribution is 2.28. The van der Waals surface area contributed by atoms with E-state index in [-0.39, 0.29) is 0 Å². The number of nitrogens with zero attached hydrogens (tertiary/aromatic N) is 1. The summed E-state index contributed by atoms with van der Waals surface area (Å²) in [4.78, 5) is 4.29. The van der Waals surface area contributed by atoms with Crippen LogP contribution in [-0.2, 0) is 22.6 Å². The Morgan fingerprint density at radius 3 is 2.64 bits per heavy atom. The molecule has 1 aliphatic carbocycles. The minimum absolute atomic E-state index is 0.663. The third kappa shape index (κ3) is 8.36. The summed E-state index contributed by atoms with van der Waals surface area (Å²) in [7, 11) is 1.80. The first-order valence-electron chi connectivity index (χ1n) is 9.50. The van der Waals surface area contributed by atoms with Gasteiger partial charge in [0.05, 0.1) is 6.61 Å². The lowest BCUT2D eigenvalue weighted by Crippen LogP contribution is -2.37. The standard InChI is InChI=1S/C20H33N3O2/c1-3-12-24-16-19-8-5-4-7-18(19)14-23-20(21-2)22-11-6-13-25-15-17-9-10-17/h4-5,7-8,17H,3,6,9-16H2,1-2H3,(H2,21,22,23). The van der Waals surface area contributed by atoms with Crippen molar-refractivity contribution in [2.75, 3.05) is 33.4 Å². The molecule has 0 aromatic heterocycles. The van der Waals surface area contributed by atoms with Gasteiger partial charge in [0.1, 0.15) is 0 Å². The maximum absolute atomic E-state index is 5.68. The van der Waals surface area contributed by atoms with Crippen LogP contribution < -0.4 is 10.6 Å². The van der Waals surface area contributed by atoms with Crippen molar-refractivity contribution >= 4 is 5.96 Å². The Bertz CT molecular complexity index is 515. The summed E-state index contributed by atoms with van der Waals surface area (Å²) in [6.07, 6.45) is 4.73. The lowest BCUT2D eigenvalue weighted by Gasteiger charge is -2.14. The largest absolute Gasteiger partial charge is 0.381 e. The number of guanidine groups is 1. The molecule has 25 heavy (non-hydrogen) atoms. The van der Waals surface area contributed by atoms with E-state index in [1.165, 1.54) is 24.0 Å². The molecule has 5 nitrogen and oxygen atoms in total. The van der Waals surface area contributed by atoms with Gasteiger partial charge < -0.3 is 20.1 Å². The number of benzene rings is 1. The molecule has 2 N–H and O–H groups in total. The average Bonchev–Trinajstić information content (AvgIpc) is 3.46. The highest BCUT2D eigenvalue weighted by Gasteiger charge is 2.20. The van der Waals surface area contributed by atoms with Crippen molar-refractivity contribution in [3.63, 3.8) is 0 Å². The molecule has 0 saturated heterocycles. The van der Waals surface area contributed by atoms with E-state index in [0.29, 0.717) is 6.61 Å². The molecule has 0 unspecified atom stereocenters. The summed E-state index contributed by atoms with van der Waals surface area (Å²) in [5.74, 6) is 1.66. The van der Waals surface area contributed by atoms with Gasteiger partial charge in [0.15, 0.2) is 5.96 Å². The number of nitrogens with one attached hydrogen (secondary N) is 2. The van der Waals surface area contributed by atoms with Gasteiger partial charge in [-0.05, 0) is 42.7 Å². The lowest BCUT2D eigenvalue weighted by molar-refractivity contribution is 0.121. The van der Waals surface area contributed by atoms with E-state index < -0.39 is 0 Å². The van der Waals surface area contributed by atoms with Crippen LogP contribution in [0.4, 0.5) is 0 Å². The van der Waals surface area contributed by atoms with Gasteiger partial charge in [-0.15, -0.1) is 0 Å². The molecule has 0 radical (unpaired) electrons. The summed E-state index contributed by atoms with van der Waals surface area (Å²) in [6, 6.07) is 8.38. The minimum Gasteiger partial charge on any atom is -0.381 e. The van der Waals surface area contributed by atoms with Gasteiger partial charge in [0.25, 0.3) is 0 Å². The zero-order valence-corrected chi connectivity index (χ0v) is 15.7. The molecule has 1 fully saturated rings. The van der Waals surface area contributed by atoms with Crippen LogP contribution in [0.3, 0.4) is 0 Å². The second-order valence-electron chi connectivity index (χ2n) is 6.55. The fourth-order valence-corrected chi connectivity index (χ4v) is 2.51. The molecule has 140 valence electrons. The zero-order valence-electron chi connectivity index (χ0n) is 15.7. The van der Waals surface area contributed by atoms with Gasteiger partial charge in [-0.25, -0.2) is 0 Å². The second kappa shape index (κ2) is 11.9. The third-order valence-electron chi connectivity index (χ3n) is 4.20. The summed E-state index contributed by atoms with van der Waals surface area (Å²) >= 11 is 0. The molecule has 1 aliphatic rings. The molecule has 0 heterocycles. The van der Waals surface area contributed by atoms with E-state index >= 15 is 0 Å². The molecule has 0 spiro atoms. The average molecular weight is 348 g/mol. The Kier molecular flexibility index (Phi) is 9.37. The lowest BCUT2D eigenvalue weighted by atomic mass is 10.1. The topological polar surface area (TPSA) is 54.9 Å². The Balaban J connectivity index is 1.65. The second-order valence-corrected chi connectivity index (χ2v) is 6.55. The molecular formula is C20H33N3O2. The van der Waals surface area contributed by atoms with Crippen LogP contribution in [-0.4, -0.2) is 39.4 Å². The van der Waals surface area contributed by atoms with Gasteiger partial charge in [0, 0.05) is 40.0 Å². The molecule has 1 aromatic rings. The zero-order chi connectivity index (χ0) is 17.7. The number of hydrogen-bond donors (Lipinski definition) is 2. The van der Waals surface area contributed by atoms with Gasteiger partial charge in [-0.3, -0.25) is 4.99 Å². The Hall–Kier alpha value is -1.59. The van der Waals surface area contributed by atoms with E-state index in [1.54, 1.807) is 7.05 Å². The van der Waals surface area contributed by atoms with Crippen LogP contribution in [0.15, 0.2) is 29.3 Å². The molecule has 0 aliphatic heterocycles. The molecule has 0 amide bonds. The Labute approximate surface area is 152 Å². The van der Waals surface area contributed by atoms with Gasteiger partial charge in [-0.1, -0.05) is 31.2 Å². The summed E-state index contributed by atoms with van der Waals surface area (Å²) in [5, 5.41) is 6.72. The molecule has 5 heteroatoms. The van der Waals surface area contributed by atoms with Crippen LogP contribution in [0.25, 0.3) is 0 Å². The Morgan fingerprint density at radius 1 is 1.12 bits per heavy atom. The fourth-order valence-electron chi connectivity index (χ4n) is 2.51. The van der Waals surface area contributed by atoms with Crippen LogP contribution in [0.5, 0.6) is 0 Å². The molecular weight excluding hydrogens is 314 g/mol. The van der Waals surface area contributed by atoms with Crippen LogP contribution in [0.1, 0.15) is 43.7 Å². The highest BCUT2D eigenvalue weighted by molar-refractivity contribution is 5.79. The Morgan fingerprint density at radius 2 is 1.92 bits per heavy atom. The van der Waals surface area contributed by atoms with Gasteiger partial charge in [-0.2, -0.15) is 0 Å².